The summed E-state index contributed by atoms with van der Waals surface area (Å²) < 4.78 is 37.1. The summed E-state index contributed by atoms with van der Waals surface area (Å²) in [5.74, 6) is -0.171. The van der Waals surface area contributed by atoms with Crippen LogP contribution in [0.5, 0.6) is 5.75 Å². The molecule has 34 heavy (non-hydrogen) atoms. The summed E-state index contributed by atoms with van der Waals surface area (Å²) in [5.41, 5.74) is 2.71. The van der Waals surface area contributed by atoms with Crippen molar-refractivity contribution in [2.45, 2.75) is 31.7 Å². The number of hydrogen-bond acceptors (Lipinski definition) is 7. The van der Waals surface area contributed by atoms with E-state index in [-0.39, 0.29) is 6.54 Å². The third kappa shape index (κ3) is 4.10. The first-order valence-corrected chi connectivity index (χ1v) is 11.2. The molecule has 4 aromatic heterocycles. The zero-order chi connectivity index (χ0) is 23.8. The summed E-state index contributed by atoms with van der Waals surface area (Å²) in [6.45, 7) is 2.41. The summed E-state index contributed by atoms with van der Waals surface area (Å²) in [4.78, 5) is 4.01. The van der Waals surface area contributed by atoms with Gasteiger partial charge < -0.3 is 15.2 Å². The normalized spacial score (nSPS) is 19.4. The zero-order valence-corrected chi connectivity index (χ0v) is 19.0. The third-order valence-electron chi connectivity index (χ3n) is 5.94. The Morgan fingerprint density at radius 1 is 1.35 bits per heavy atom. The number of fused-ring (bicyclic) bond motifs is 1. The topological polar surface area (TPSA) is 102 Å². The first-order chi connectivity index (χ1) is 16.5. The van der Waals surface area contributed by atoms with E-state index in [9.17, 15) is 13.9 Å². The number of aromatic nitrogens is 6. The van der Waals surface area contributed by atoms with Gasteiger partial charge in [0.15, 0.2) is 6.10 Å². The smallest absolute Gasteiger partial charge is 0.163 e. The maximum atomic E-state index is 14.5. The van der Waals surface area contributed by atoms with E-state index in [0.29, 0.717) is 51.9 Å². The van der Waals surface area contributed by atoms with Crippen molar-refractivity contribution in [2.75, 3.05) is 19.7 Å². The molecule has 0 aromatic carbocycles. The second-order valence-corrected chi connectivity index (χ2v) is 8.52. The Morgan fingerprint density at radius 3 is 2.94 bits per heavy atom. The van der Waals surface area contributed by atoms with Crippen LogP contribution in [0.2, 0.25) is 5.02 Å². The SMILES string of the molecule is Cc1c(-c2cc(OC(CO)c3ccc(F)cn3)c3c(Cl)cnn3c2)nnn1[C@@H]1CCNC[C@H]1F. The van der Waals surface area contributed by atoms with Crippen molar-refractivity contribution in [1.82, 2.24) is 34.9 Å². The monoisotopic (exact) mass is 489 g/mol. The summed E-state index contributed by atoms with van der Waals surface area (Å²) in [6, 6.07) is 4.00. The Hall–Kier alpha value is -3.15. The van der Waals surface area contributed by atoms with E-state index in [4.69, 9.17) is 16.3 Å². The highest BCUT2D eigenvalue weighted by atomic mass is 35.5. The number of ether oxygens (including phenoxy) is 1. The molecule has 0 saturated carbocycles. The molecule has 178 valence electrons. The Kier molecular flexibility index (Phi) is 6.15. The lowest BCUT2D eigenvalue weighted by molar-refractivity contribution is 0.114. The predicted molar refractivity (Wildman–Crippen MR) is 120 cm³/mol. The van der Waals surface area contributed by atoms with E-state index in [1.807, 2.05) is 6.92 Å². The molecule has 0 bridgehead atoms. The fourth-order valence-corrected chi connectivity index (χ4v) is 4.42. The van der Waals surface area contributed by atoms with Gasteiger partial charge in [0, 0.05) is 18.3 Å². The Labute approximate surface area is 198 Å². The van der Waals surface area contributed by atoms with Gasteiger partial charge >= 0.3 is 0 Å². The van der Waals surface area contributed by atoms with Crippen LogP contribution >= 0.6 is 11.6 Å². The Morgan fingerprint density at radius 2 is 2.21 bits per heavy atom. The molecule has 4 aromatic rings. The molecule has 12 heteroatoms. The highest BCUT2D eigenvalue weighted by Gasteiger charge is 2.29. The summed E-state index contributed by atoms with van der Waals surface area (Å²) in [7, 11) is 0. The second kappa shape index (κ2) is 9.24. The van der Waals surface area contributed by atoms with Gasteiger partial charge in [-0.3, -0.25) is 4.98 Å². The maximum absolute atomic E-state index is 14.5. The molecule has 0 spiro atoms. The molecule has 1 saturated heterocycles. The van der Waals surface area contributed by atoms with Gasteiger partial charge in [0.05, 0.1) is 41.5 Å². The molecule has 1 unspecified atom stereocenters. The lowest BCUT2D eigenvalue weighted by Gasteiger charge is -2.27. The van der Waals surface area contributed by atoms with Crippen molar-refractivity contribution in [2.24, 2.45) is 0 Å². The average Bonchev–Trinajstić information content (AvgIpc) is 3.41. The number of pyridine rings is 2. The molecule has 0 radical (unpaired) electrons. The molecule has 1 aliphatic heterocycles. The van der Waals surface area contributed by atoms with E-state index in [2.05, 4.69) is 25.7 Å². The van der Waals surface area contributed by atoms with E-state index in [0.717, 1.165) is 6.20 Å². The molecule has 0 amide bonds. The highest BCUT2D eigenvalue weighted by molar-refractivity contribution is 6.34. The van der Waals surface area contributed by atoms with Crippen LogP contribution in [-0.4, -0.2) is 60.6 Å². The number of halogens is 3. The summed E-state index contributed by atoms with van der Waals surface area (Å²) >= 11 is 6.35. The number of aliphatic hydroxyl groups excluding tert-OH is 1. The van der Waals surface area contributed by atoms with Crippen molar-refractivity contribution in [1.29, 1.82) is 0 Å². The first kappa shape index (κ1) is 22.6. The number of nitrogens with one attached hydrogen (secondary N) is 1. The Bertz CT molecular complexity index is 1310. The molecule has 3 atom stereocenters. The number of piperidine rings is 1. The third-order valence-corrected chi connectivity index (χ3v) is 6.21. The van der Waals surface area contributed by atoms with Crippen LogP contribution in [0.25, 0.3) is 16.8 Å². The number of rotatable bonds is 6. The van der Waals surface area contributed by atoms with Crippen LogP contribution in [0.15, 0.2) is 36.8 Å². The quantitative estimate of drug-likeness (QED) is 0.429. The summed E-state index contributed by atoms with van der Waals surface area (Å²) in [6.07, 6.45) is 2.93. The van der Waals surface area contributed by atoms with Gasteiger partial charge in [-0.15, -0.1) is 5.10 Å². The molecule has 2 N–H and O–H groups in total. The fourth-order valence-electron chi connectivity index (χ4n) is 4.19. The van der Waals surface area contributed by atoms with Gasteiger partial charge in [-0.2, -0.15) is 5.10 Å². The van der Waals surface area contributed by atoms with Crippen LogP contribution in [0.4, 0.5) is 8.78 Å². The van der Waals surface area contributed by atoms with Gasteiger partial charge in [-0.05, 0) is 38.1 Å². The highest BCUT2D eigenvalue weighted by Crippen LogP contribution is 2.35. The van der Waals surface area contributed by atoms with Crippen molar-refractivity contribution in [3.8, 4) is 17.0 Å². The molecular weight excluding hydrogens is 468 g/mol. The molecule has 5 rings (SSSR count). The average molecular weight is 490 g/mol. The number of aliphatic hydroxyl groups is 1. The number of nitrogens with zero attached hydrogens (tertiary/aromatic N) is 6. The van der Waals surface area contributed by atoms with Gasteiger partial charge in [0.1, 0.15) is 28.9 Å². The fraction of sp³-hybridized carbons (Fsp3) is 0.364. The van der Waals surface area contributed by atoms with Gasteiger partial charge in [0.2, 0.25) is 0 Å². The minimum atomic E-state index is -1.07. The predicted octanol–water partition coefficient (Wildman–Crippen LogP) is 3.07. The van der Waals surface area contributed by atoms with E-state index in [1.165, 1.54) is 18.3 Å². The van der Waals surface area contributed by atoms with E-state index < -0.39 is 30.7 Å². The largest absolute Gasteiger partial charge is 0.479 e. The second-order valence-electron chi connectivity index (χ2n) is 8.11. The van der Waals surface area contributed by atoms with Crippen LogP contribution in [0.1, 0.15) is 30.0 Å². The van der Waals surface area contributed by atoms with Crippen LogP contribution < -0.4 is 10.1 Å². The minimum absolute atomic E-state index is 0.273. The molecule has 1 aliphatic rings. The Balaban J connectivity index is 1.55. The van der Waals surface area contributed by atoms with E-state index in [1.54, 1.807) is 21.5 Å². The first-order valence-electron chi connectivity index (χ1n) is 10.8. The lowest BCUT2D eigenvalue weighted by Crippen LogP contribution is -2.39. The van der Waals surface area contributed by atoms with Gasteiger partial charge in [0.25, 0.3) is 0 Å². The van der Waals surface area contributed by atoms with Crippen molar-refractivity contribution in [3.05, 3.63) is 59.0 Å². The molecule has 1 fully saturated rings. The van der Waals surface area contributed by atoms with Crippen molar-refractivity contribution in [3.63, 3.8) is 0 Å². The molecule has 0 aliphatic carbocycles. The molecule has 9 nitrogen and oxygen atoms in total. The minimum Gasteiger partial charge on any atom is -0.479 e. The standard InChI is InChI=1S/C22H22ClF2N7O2/c1-12-21(29-30-32(12)18-4-5-26-9-16(18)25)13-6-19(22-15(23)8-28-31(22)10-13)34-20(11-33)17-3-2-14(24)7-27-17/h2-3,6-8,10,16,18,20,26,33H,4-5,9,11H2,1H3/t16-,18-,20?/m1/s1. The van der Waals surface area contributed by atoms with Crippen LogP contribution in [0, 0.1) is 12.7 Å². The van der Waals surface area contributed by atoms with Gasteiger partial charge in [-0.1, -0.05) is 16.8 Å². The van der Waals surface area contributed by atoms with E-state index >= 15 is 0 Å². The van der Waals surface area contributed by atoms with Gasteiger partial charge in [-0.25, -0.2) is 18.0 Å². The van der Waals surface area contributed by atoms with Crippen LogP contribution in [0.3, 0.4) is 0 Å². The van der Waals surface area contributed by atoms with Crippen molar-refractivity contribution >= 4 is 17.1 Å². The molecular formula is C22H22ClF2N7O2. The summed E-state index contributed by atoms with van der Waals surface area (Å²) in [5, 5.41) is 26.1. The number of hydrogen-bond donors (Lipinski definition) is 2. The van der Waals surface area contributed by atoms with Crippen LogP contribution in [-0.2, 0) is 0 Å². The maximum Gasteiger partial charge on any atom is 0.163 e. The zero-order valence-electron chi connectivity index (χ0n) is 18.2. The van der Waals surface area contributed by atoms with Crippen molar-refractivity contribution < 1.29 is 18.6 Å². The lowest BCUT2D eigenvalue weighted by atomic mass is 10.0. The number of alkyl halides is 1. The molecule has 5 heterocycles.